The Labute approximate surface area is 102 Å². The predicted octanol–water partition coefficient (Wildman–Crippen LogP) is 2.10. The Morgan fingerprint density at radius 3 is 2.56 bits per heavy atom. The third-order valence-electron chi connectivity index (χ3n) is 2.04. The van der Waals surface area contributed by atoms with Crippen molar-refractivity contribution in [1.82, 2.24) is 5.32 Å². The van der Waals surface area contributed by atoms with Gasteiger partial charge in [0.15, 0.2) is 0 Å². The molecule has 4 nitrogen and oxygen atoms in total. The van der Waals surface area contributed by atoms with Crippen LogP contribution in [0.15, 0.2) is 28.7 Å². The Morgan fingerprint density at radius 1 is 1.44 bits per heavy atom. The summed E-state index contributed by atoms with van der Waals surface area (Å²) >= 11 is 3.33. The Kier molecular flexibility index (Phi) is 4.49. The van der Waals surface area contributed by atoms with E-state index >= 15 is 0 Å². The number of carboxylic acids is 1. The number of halogens is 1. The van der Waals surface area contributed by atoms with Gasteiger partial charge in [-0.25, -0.2) is 0 Å². The number of benzene rings is 1. The summed E-state index contributed by atoms with van der Waals surface area (Å²) in [6.07, 6.45) is -0.137. The van der Waals surface area contributed by atoms with Gasteiger partial charge in [0.05, 0.1) is 12.5 Å². The van der Waals surface area contributed by atoms with E-state index < -0.39 is 12.0 Å². The molecule has 2 N–H and O–H groups in total. The minimum atomic E-state index is -0.950. The molecule has 0 aromatic heterocycles. The number of hydrogen-bond acceptors (Lipinski definition) is 2. The fraction of sp³-hybridized carbons (Fsp3) is 0.273. The molecule has 0 saturated carbocycles. The van der Waals surface area contributed by atoms with Gasteiger partial charge in [-0.2, -0.15) is 0 Å². The van der Waals surface area contributed by atoms with Crippen LogP contribution in [-0.4, -0.2) is 17.0 Å². The van der Waals surface area contributed by atoms with Gasteiger partial charge >= 0.3 is 5.97 Å². The van der Waals surface area contributed by atoms with E-state index in [2.05, 4.69) is 21.2 Å². The van der Waals surface area contributed by atoms with Crippen molar-refractivity contribution in [3.8, 4) is 0 Å². The van der Waals surface area contributed by atoms with Gasteiger partial charge in [0.25, 0.3) is 0 Å². The highest BCUT2D eigenvalue weighted by Gasteiger charge is 2.18. The van der Waals surface area contributed by atoms with E-state index in [9.17, 15) is 9.59 Å². The molecule has 0 fully saturated rings. The Balaban J connectivity index is 2.96. The number of aliphatic carboxylic acids is 1. The largest absolute Gasteiger partial charge is 0.481 e. The molecule has 0 heterocycles. The van der Waals surface area contributed by atoms with Crippen molar-refractivity contribution in [2.75, 3.05) is 0 Å². The number of carbonyl (C=O) groups is 2. The SMILES string of the molecule is CC(=O)NC(CC(=O)O)c1ccccc1Br. The topological polar surface area (TPSA) is 66.4 Å². The highest BCUT2D eigenvalue weighted by Crippen LogP contribution is 2.25. The lowest BCUT2D eigenvalue weighted by Gasteiger charge is -2.17. The normalized spacial score (nSPS) is 11.9. The number of hydrogen-bond donors (Lipinski definition) is 2. The minimum Gasteiger partial charge on any atom is -0.481 e. The molecule has 0 aliphatic carbocycles. The molecule has 0 spiro atoms. The van der Waals surface area contributed by atoms with Crippen LogP contribution in [0.3, 0.4) is 0 Å². The van der Waals surface area contributed by atoms with Crippen LogP contribution in [-0.2, 0) is 9.59 Å². The van der Waals surface area contributed by atoms with Crippen molar-refractivity contribution >= 4 is 27.8 Å². The molecule has 1 aromatic rings. The molecule has 1 rings (SSSR count). The molecule has 5 heteroatoms. The molecule has 1 unspecified atom stereocenters. The molecule has 1 atom stereocenters. The fourth-order valence-electron chi connectivity index (χ4n) is 1.42. The van der Waals surface area contributed by atoms with Gasteiger partial charge in [-0.15, -0.1) is 0 Å². The first-order chi connectivity index (χ1) is 7.50. The van der Waals surface area contributed by atoms with Crippen molar-refractivity contribution in [2.24, 2.45) is 0 Å². The Morgan fingerprint density at radius 2 is 2.06 bits per heavy atom. The van der Waals surface area contributed by atoms with Gasteiger partial charge in [0.2, 0.25) is 5.91 Å². The van der Waals surface area contributed by atoms with Crippen molar-refractivity contribution in [2.45, 2.75) is 19.4 Å². The van der Waals surface area contributed by atoms with Crippen LogP contribution in [0.4, 0.5) is 0 Å². The average molecular weight is 286 g/mol. The summed E-state index contributed by atoms with van der Waals surface area (Å²) in [6, 6.07) is 6.72. The summed E-state index contributed by atoms with van der Waals surface area (Å²) in [5, 5.41) is 11.4. The van der Waals surface area contributed by atoms with Gasteiger partial charge in [-0.3, -0.25) is 9.59 Å². The highest BCUT2D eigenvalue weighted by molar-refractivity contribution is 9.10. The quantitative estimate of drug-likeness (QED) is 0.890. The molecule has 16 heavy (non-hydrogen) atoms. The van der Waals surface area contributed by atoms with Gasteiger partial charge in [-0.05, 0) is 11.6 Å². The number of carboxylic acid groups (broad SMARTS) is 1. The van der Waals surface area contributed by atoms with E-state index in [0.29, 0.717) is 0 Å². The molecule has 1 amide bonds. The molecule has 0 radical (unpaired) electrons. The van der Waals surface area contributed by atoms with Crippen LogP contribution >= 0.6 is 15.9 Å². The molecular formula is C11H12BrNO3. The first-order valence-corrected chi connectivity index (χ1v) is 5.53. The van der Waals surface area contributed by atoms with Crippen molar-refractivity contribution in [3.05, 3.63) is 34.3 Å². The standard InChI is InChI=1S/C11H12BrNO3/c1-7(14)13-10(6-11(15)16)8-4-2-3-5-9(8)12/h2-5,10H,6H2,1H3,(H,13,14)(H,15,16). The first-order valence-electron chi connectivity index (χ1n) is 4.74. The lowest BCUT2D eigenvalue weighted by atomic mass is 10.0. The molecule has 0 saturated heterocycles. The van der Waals surface area contributed by atoms with Gasteiger partial charge < -0.3 is 10.4 Å². The molecule has 0 aliphatic heterocycles. The second-order valence-electron chi connectivity index (χ2n) is 3.37. The predicted molar refractivity (Wildman–Crippen MR) is 63.0 cm³/mol. The van der Waals surface area contributed by atoms with E-state index in [1.165, 1.54) is 6.92 Å². The number of nitrogens with one attached hydrogen (secondary N) is 1. The maximum absolute atomic E-state index is 11.0. The zero-order valence-electron chi connectivity index (χ0n) is 8.74. The summed E-state index contributed by atoms with van der Waals surface area (Å²) in [6.45, 7) is 1.37. The molecule has 0 bridgehead atoms. The minimum absolute atomic E-state index is 0.137. The number of amides is 1. The van der Waals surface area contributed by atoms with Crippen LogP contribution < -0.4 is 5.32 Å². The van der Waals surface area contributed by atoms with E-state index in [0.717, 1.165) is 10.0 Å². The summed E-state index contributed by atoms with van der Waals surface area (Å²) in [5.74, 6) is -1.20. The van der Waals surface area contributed by atoms with Gasteiger partial charge in [-0.1, -0.05) is 34.1 Å². The van der Waals surface area contributed by atoms with E-state index in [4.69, 9.17) is 5.11 Å². The van der Waals surface area contributed by atoms with Crippen molar-refractivity contribution < 1.29 is 14.7 Å². The third-order valence-corrected chi connectivity index (χ3v) is 2.76. The van der Waals surface area contributed by atoms with Gasteiger partial charge in [0.1, 0.15) is 0 Å². The van der Waals surface area contributed by atoms with Crippen molar-refractivity contribution in [3.63, 3.8) is 0 Å². The van der Waals surface area contributed by atoms with E-state index in [1.54, 1.807) is 12.1 Å². The lowest BCUT2D eigenvalue weighted by molar-refractivity contribution is -0.137. The highest BCUT2D eigenvalue weighted by atomic mass is 79.9. The Hall–Kier alpha value is -1.36. The van der Waals surface area contributed by atoms with Crippen LogP contribution in [0.25, 0.3) is 0 Å². The molecular weight excluding hydrogens is 274 g/mol. The van der Waals surface area contributed by atoms with Crippen LogP contribution in [0.5, 0.6) is 0 Å². The second-order valence-corrected chi connectivity index (χ2v) is 4.23. The Bertz CT molecular complexity index is 390. The second kappa shape index (κ2) is 5.65. The average Bonchev–Trinajstić information content (AvgIpc) is 2.15. The zero-order chi connectivity index (χ0) is 12.1. The first kappa shape index (κ1) is 12.7. The maximum Gasteiger partial charge on any atom is 0.305 e. The lowest BCUT2D eigenvalue weighted by Crippen LogP contribution is -2.28. The van der Waals surface area contributed by atoms with Crippen LogP contribution in [0.1, 0.15) is 24.9 Å². The van der Waals surface area contributed by atoms with E-state index in [1.807, 2.05) is 12.1 Å². The smallest absolute Gasteiger partial charge is 0.305 e. The van der Waals surface area contributed by atoms with Crippen LogP contribution in [0.2, 0.25) is 0 Å². The molecule has 86 valence electrons. The summed E-state index contributed by atoms with van der Waals surface area (Å²) in [5.41, 5.74) is 0.764. The molecule has 1 aromatic carbocycles. The molecule has 0 aliphatic rings. The summed E-state index contributed by atoms with van der Waals surface area (Å²) in [7, 11) is 0. The maximum atomic E-state index is 11.0. The zero-order valence-corrected chi connectivity index (χ0v) is 10.3. The van der Waals surface area contributed by atoms with Gasteiger partial charge in [0, 0.05) is 11.4 Å². The third kappa shape index (κ3) is 3.66. The summed E-state index contributed by atoms with van der Waals surface area (Å²) < 4.78 is 0.787. The van der Waals surface area contributed by atoms with Crippen molar-refractivity contribution in [1.29, 1.82) is 0 Å². The van der Waals surface area contributed by atoms with E-state index in [-0.39, 0.29) is 12.3 Å². The monoisotopic (exact) mass is 285 g/mol. The summed E-state index contributed by atoms with van der Waals surface area (Å²) in [4.78, 5) is 21.7. The van der Waals surface area contributed by atoms with Crippen LogP contribution in [0, 0.1) is 0 Å². The number of rotatable bonds is 4. The number of carbonyl (C=O) groups excluding carboxylic acids is 1. The fourth-order valence-corrected chi connectivity index (χ4v) is 1.98.